The lowest BCUT2D eigenvalue weighted by atomic mass is 9.77. The third kappa shape index (κ3) is 13.7. The van der Waals surface area contributed by atoms with Gasteiger partial charge in [0.1, 0.15) is 12.2 Å². The van der Waals surface area contributed by atoms with Crippen LogP contribution in [0, 0.1) is 35.5 Å². The third-order valence-corrected chi connectivity index (χ3v) is 12.8. The number of carbonyl (C=O) groups excluding carboxylic acids is 2. The second-order valence-electron chi connectivity index (χ2n) is 17.5. The highest BCUT2D eigenvalue weighted by molar-refractivity contribution is 5.87. The van der Waals surface area contributed by atoms with Gasteiger partial charge in [-0.25, -0.2) is 9.59 Å². The van der Waals surface area contributed by atoms with Crippen molar-refractivity contribution in [1.29, 1.82) is 0 Å². The second-order valence-corrected chi connectivity index (χ2v) is 17.5. The molecule has 0 aromatic rings. The lowest BCUT2D eigenvalue weighted by Crippen LogP contribution is -2.59. The predicted octanol–water partition coefficient (Wildman–Crippen LogP) is 4.98. The summed E-state index contributed by atoms with van der Waals surface area (Å²) in [5.74, 6) is -6.00. The molecule has 15 nitrogen and oxygen atoms in total. The van der Waals surface area contributed by atoms with E-state index in [1.165, 1.54) is 20.3 Å². The molecule has 2 fully saturated rings. The Morgan fingerprint density at radius 1 is 1.10 bits per heavy atom. The van der Waals surface area contributed by atoms with Crippen LogP contribution in [0.4, 0.5) is 4.79 Å². The first kappa shape index (κ1) is 52.2. The van der Waals surface area contributed by atoms with Crippen LogP contribution in [0.2, 0.25) is 0 Å². The molecule has 3 unspecified atom stereocenters. The Bertz CT molecular complexity index is 1570. The van der Waals surface area contributed by atoms with Crippen molar-refractivity contribution in [1.82, 2.24) is 0 Å². The number of cyclic esters (lactones) is 1. The molecule has 7 N–H and O–H groups in total. The van der Waals surface area contributed by atoms with Crippen LogP contribution in [0.5, 0.6) is 0 Å². The molecule has 3 aliphatic rings. The zero-order valence-electron chi connectivity index (χ0n) is 38.2. The number of aliphatic hydroxyl groups excluding tert-OH is 4. The highest BCUT2D eigenvalue weighted by Gasteiger charge is 2.52. The Morgan fingerprint density at radius 2 is 1.77 bits per heavy atom. The molecule has 0 saturated carbocycles. The third-order valence-electron chi connectivity index (χ3n) is 12.8. The minimum Gasteiger partial charge on any atom is -0.490 e. The number of hydrogen-bond acceptors (Lipinski definition) is 14. The number of esters is 1. The second kappa shape index (κ2) is 23.5. The van der Waals surface area contributed by atoms with Gasteiger partial charge in [0.25, 0.3) is 0 Å². The van der Waals surface area contributed by atoms with Crippen molar-refractivity contribution < 1.29 is 68.3 Å². The van der Waals surface area contributed by atoms with Crippen molar-refractivity contribution >= 4 is 12.1 Å². The van der Waals surface area contributed by atoms with Gasteiger partial charge in [-0.15, -0.1) is 0 Å². The molecule has 2 saturated heterocycles. The van der Waals surface area contributed by atoms with Crippen LogP contribution in [-0.4, -0.2) is 125 Å². The summed E-state index contributed by atoms with van der Waals surface area (Å²) in [6.07, 6.45) is 2.20. The molecular weight excluding hydrogens is 790 g/mol. The van der Waals surface area contributed by atoms with E-state index in [1.807, 2.05) is 53.7 Å². The van der Waals surface area contributed by atoms with Gasteiger partial charge in [-0.1, -0.05) is 89.1 Å². The molecule has 3 aliphatic heterocycles. The van der Waals surface area contributed by atoms with E-state index in [2.05, 4.69) is 0 Å². The Labute approximate surface area is 362 Å². The predicted molar refractivity (Wildman–Crippen MR) is 228 cm³/mol. The van der Waals surface area contributed by atoms with Crippen LogP contribution in [0.25, 0.3) is 0 Å². The quantitative estimate of drug-likeness (QED) is 0.119. The summed E-state index contributed by atoms with van der Waals surface area (Å²) >= 11 is 0. The normalized spacial score (nSPS) is 39.1. The van der Waals surface area contributed by atoms with Gasteiger partial charge >= 0.3 is 12.1 Å². The summed E-state index contributed by atoms with van der Waals surface area (Å²) in [7, 11) is 2.81. The molecule has 0 aromatic heterocycles. The number of amides is 1. The van der Waals surface area contributed by atoms with Crippen molar-refractivity contribution in [2.75, 3.05) is 14.2 Å². The van der Waals surface area contributed by atoms with Crippen LogP contribution in [0.15, 0.2) is 59.4 Å². The summed E-state index contributed by atoms with van der Waals surface area (Å²) in [4.78, 5) is 25.4. The number of carbonyl (C=O) groups is 2. The molecule has 3 rings (SSSR count). The maximum atomic E-state index is 13.9. The minimum absolute atomic E-state index is 0.0313. The fourth-order valence-corrected chi connectivity index (χ4v) is 8.94. The number of hydrogen-bond donors (Lipinski definition) is 6. The first-order chi connectivity index (χ1) is 28.6. The Hall–Kier alpha value is -3.12. The number of ether oxygens (including phenoxy) is 7. The molecule has 15 heteroatoms. The van der Waals surface area contributed by atoms with Crippen molar-refractivity contribution in [2.24, 2.45) is 41.2 Å². The molecule has 1 amide bonds. The molecule has 0 aromatic carbocycles. The molecular formula is C46H75NO14. The van der Waals surface area contributed by atoms with E-state index in [-0.39, 0.29) is 42.3 Å². The van der Waals surface area contributed by atoms with Gasteiger partial charge in [0.15, 0.2) is 18.2 Å². The van der Waals surface area contributed by atoms with E-state index < -0.39 is 97.0 Å². The fourth-order valence-electron chi connectivity index (χ4n) is 8.94. The molecule has 0 bridgehead atoms. The number of nitrogens with two attached hydrogens (primary N) is 1. The smallest absolute Gasteiger partial charge is 0.404 e. The lowest BCUT2D eigenvalue weighted by Gasteiger charge is -2.49. The minimum atomic E-state index is -1.97. The largest absolute Gasteiger partial charge is 0.490 e. The Morgan fingerprint density at radius 3 is 2.34 bits per heavy atom. The first-order valence-electron chi connectivity index (χ1n) is 21.7. The van der Waals surface area contributed by atoms with E-state index in [4.69, 9.17) is 38.9 Å². The van der Waals surface area contributed by atoms with Crippen LogP contribution in [0.3, 0.4) is 0 Å². The number of allylic oxidation sites excluding steroid dienone is 6. The van der Waals surface area contributed by atoms with E-state index in [0.29, 0.717) is 18.4 Å². The van der Waals surface area contributed by atoms with E-state index >= 15 is 0 Å². The number of primary amides is 1. The summed E-state index contributed by atoms with van der Waals surface area (Å²) in [6.45, 7) is 18.2. The topological polar surface area (TPSA) is 226 Å². The van der Waals surface area contributed by atoms with Crippen molar-refractivity contribution in [3.8, 4) is 0 Å². The van der Waals surface area contributed by atoms with Gasteiger partial charge in [0, 0.05) is 49.5 Å². The molecule has 0 aliphatic carbocycles. The zero-order chi connectivity index (χ0) is 45.9. The SMILES string of the molecule is C/C=C/[C@H]1O[C@@](O)([C@H](C)C(O)C(C)[C@@H]2OC(=O)C(OC)=CC(C)=C[C@H](C)[C@H](O)[C@H](CC)[C@H](O)C(C)CC(C)=CC=C[C@H]2OC)C[C@@H](O[C@@H]2C[C@H](O)[C@@H](OC(N)=O)[C@H](C)O2)[C@@H]1C. The van der Waals surface area contributed by atoms with Crippen molar-refractivity contribution in [3.05, 3.63) is 59.4 Å². The molecule has 61 heavy (non-hydrogen) atoms. The Balaban J connectivity index is 2.00. The average molecular weight is 866 g/mol. The van der Waals surface area contributed by atoms with Gasteiger partial charge in [0.05, 0.1) is 49.8 Å². The van der Waals surface area contributed by atoms with Crippen molar-refractivity contribution in [2.45, 2.75) is 168 Å². The number of aliphatic hydroxyl groups is 5. The standard InChI is InChI=1S/C46H75NO14/c1-13-16-34-28(7)37(58-38-22-33(48)43(31(10)57-38)60-45(47)53)23-46(54,61-34)30(9)41(51)29(8)42-35(55-11)18-15-17-24(3)19-26(5)39(49)32(14-2)40(50)27(6)20-25(4)21-36(56-12)44(52)59-42/h13,15-18,20-21,26-35,37-43,48-51,54H,14,19,22-23H2,1-12H3,(H2,47,53)/b16-13+,18-15?,24-17?,25-20?,36-21?/t26?,27-,28+,29?,30+,31-,32+,33-,34+,35+,37+,38+,39+,40-,41?,42-,43-,46+/m0/s1. The molecule has 348 valence electrons. The van der Waals surface area contributed by atoms with Crippen LogP contribution in [0.1, 0.15) is 94.9 Å². The van der Waals surface area contributed by atoms with Crippen LogP contribution >= 0.6 is 0 Å². The van der Waals surface area contributed by atoms with Gasteiger partial charge in [-0.05, 0) is 52.5 Å². The molecule has 18 atom stereocenters. The van der Waals surface area contributed by atoms with Gasteiger partial charge in [0.2, 0.25) is 5.76 Å². The summed E-state index contributed by atoms with van der Waals surface area (Å²) in [5, 5.41) is 58.0. The maximum absolute atomic E-state index is 13.9. The van der Waals surface area contributed by atoms with E-state index in [0.717, 1.165) is 5.57 Å². The monoisotopic (exact) mass is 866 g/mol. The highest BCUT2D eigenvalue weighted by Crippen LogP contribution is 2.42. The summed E-state index contributed by atoms with van der Waals surface area (Å²) < 4.78 is 41.4. The average Bonchev–Trinajstić information content (AvgIpc) is 3.19. The first-order valence-corrected chi connectivity index (χ1v) is 21.7. The molecule has 0 spiro atoms. The number of methoxy groups -OCH3 is 2. The fraction of sp³-hybridized carbons (Fsp3) is 0.739. The summed E-state index contributed by atoms with van der Waals surface area (Å²) in [5.41, 5.74) is 6.78. The lowest BCUT2D eigenvalue weighted by molar-refractivity contribution is -0.338. The van der Waals surface area contributed by atoms with E-state index in [9.17, 15) is 35.1 Å². The molecule has 3 heterocycles. The summed E-state index contributed by atoms with van der Waals surface area (Å²) in [6, 6.07) is 0. The van der Waals surface area contributed by atoms with E-state index in [1.54, 1.807) is 52.0 Å². The zero-order valence-corrected chi connectivity index (χ0v) is 38.2. The van der Waals surface area contributed by atoms with Crippen molar-refractivity contribution in [3.63, 3.8) is 0 Å². The maximum Gasteiger partial charge on any atom is 0.404 e. The molecule has 0 radical (unpaired) electrons. The van der Waals surface area contributed by atoms with Crippen LogP contribution < -0.4 is 5.73 Å². The number of rotatable bonds is 11. The van der Waals surface area contributed by atoms with Gasteiger partial charge < -0.3 is 64.4 Å². The highest BCUT2D eigenvalue weighted by atomic mass is 16.7. The van der Waals surface area contributed by atoms with Gasteiger partial charge in [-0.2, -0.15) is 0 Å². The van der Waals surface area contributed by atoms with Crippen LogP contribution in [-0.2, 0) is 38.0 Å². The Kier molecular flexibility index (Phi) is 20.1. The van der Waals surface area contributed by atoms with Gasteiger partial charge in [-0.3, -0.25) is 0 Å².